The molecule has 16 heteroatoms. The van der Waals surface area contributed by atoms with E-state index >= 15 is 0 Å². The third-order valence-electron chi connectivity index (χ3n) is 9.10. The fourth-order valence-electron chi connectivity index (χ4n) is 6.30. The zero-order valence-electron chi connectivity index (χ0n) is 30.9. The lowest BCUT2D eigenvalue weighted by atomic mass is 10.0. The number of fused-ring (bicyclic) bond motifs is 3. The van der Waals surface area contributed by atoms with Gasteiger partial charge in [0, 0.05) is 61.6 Å². The Labute approximate surface area is 317 Å². The van der Waals surface area contributed by atoms with E-state index in [0.717, 1.165) is 16.5 Å². The maximum Gasteiger partial charge on any atom is 0.271 e. The average molecular weight is 759 g/mol. The van der Waals surface area contributed by atoms with Crippen LogP contribution in [0.3, 0.4) is 0 Å². The molecule has 0 saturated carbocycles. The predicted molar refractivity (Wildman–Crippen MR) is 203 cm³/mol. The van der Waals surface area contributed by atoms with E-state index in [1.165, 1.54) is 71.3 Å². The SMILES string of the molecule is CC(C)C[C@@H]1NC(=O)CN(C(=O)c2cccc(O)c2)CCN(C)C(=O)[C@H](C)NC(=O)CN(C)C(=O)[C@@H](Cc2c[nH]c3ccccc23)NC(=O)c2csc1n2. The van der Waals surface area contributed by atoms with Gasteiger partial charge in [-0.2, -0.15) is 0 Å². The summed E-state index contributed by atoms with van der Waals surface area (Å²) in [6.45, 7) is 4.68. The van der Waals surface area contributed by atoms with Gasteiger partial charge in [-0.1, -0.05) is 38.1 Å². The molecule has 0 aliphatic carbocycles. The Bertz CT molecular complexity index is 2030. The second-order valence-electron chi connectivity index (χ2n) is 13.9. The molecule has 0 unspecified atom stereocenters. The van der Waals surface area contributed by atoms with Crippen LogP contribution in [0.2, 0.25) is 0 Å². The molecule has 0 radical (unpaired) electrons. The molecule has 2 aromatic carbocycles. The number of aromatic nitrogens is 2. The number of H-pyrrole nitrogens is 1. The van der Waals surface area contributed by atoms with Gasteiger partial charge in [0.1, 0.15) is 28.5 Å². The Morgan fingerprint density at radius 3 is 2.39 bits per heavy atom. The first-order valence-electron chi connectivity index (χ1n) is 17.7. The minimum absolute atomic E-state index is 0.0177. The van der Waals surface area contributed by atoms with Crippen LogP contribution in [-0.2, 0) is 25.6 Å². The number of para-hydroxylation sites is 1. The maximum absolute atomic E-state index is 13.9. The third-order valence-corrected chi connectivity index (χ3v) is 10.1. The van der Waals surface area contributed by atoms with Crippen LogP contribution >= 0.6 is 11.3 Å². The predicted octanol–water partition coefficient (Wildman–Crippen LogP) is 2.45. The number of aromatic amines is 1. The van der Waals surface area contributed by atoms with E-state index in [0.29, 0.717) is 11.4 Å². The molecular weight excluding hydrogens is 713 g/mol. The van der Waals surface area contributed by atoms with Gasteiger partial charge >= 0.3 is 0 Å². The van der Waals surface area contributed by atoms with E-state index in [4.69, 9.17) is 0 Å². The summed E-state index contributed by atoms with van der Waals surface area (Å²) in [6, 6.07) is 10.6. The summed E-state index contributed by atoms with van der Waals surface area (Å²) in [5.74, 6) is -3.24. The normalized spacial score (nSPS) is 20.1. The maximum atomic E-state index is 13.9. The zero-order chi connectivity index (χ0) is 39.1. The number of aromatic hydroxyl groups is 1. The number of amides is 6. The number of hydrogen-bond donors (Lipinski definition) is 5. The second-order valence-corrected chi connectivity index (χ2v) is 14.8. The number of rotatable bonds is 5. The molecule has 0 fully saturated rings. The number of carbonyl (C=O) groups is 6. The lowest BCUT2D eigenvalue weighted by Gasteiger charge is -2.28. The Balaban J connectivity index is 1.47. The molecule has 54 heavy (non-hydrogen) atoms. The summed E-state index contributed by atoms with van der Waals surface area (Å²) < 4.78 is 0. The molecule has 2 aromatic heterocycles. The molecule has 0 spiro atoms. The average Bonchev–Trinajstić information content (AvgIpc) is 3.79. The van der Waals surface area contributed by atoms with Gasteiger partial charge in [0.05, 0.1) is 19.1 Å². The first kappa shape index (κ1) is 39.4. The molecule has 5 rings (SSSR count). The molecule has 286 valence electrons. The zero-order valence-corrected chi connectivity index (χ0v) is 31.7. The van der Waals surface area contributed by atoms with Crippen LogP contribution < -0.4 is 16.0 Å². The Morgan fingerprint density at radius 2 is 1.65 bits per heavy atom. The summed E-state index contributed by atoms with van der Waals surface area (Å²) in [5.41, 5.74) is 1.85. The largest absolute Gasteiger partial charge is 0.508 e. The molecule has 0 saturated heterocycles. The van der Waals surface area contributed by atoms with Crippen LogP contribution in [0.5, 0.6) is 5.75 Å². The lowest BCUT2D eigenvalue weighted by Crippen LogP contribution is -2.53. The number of likely N-dealkylation sites (N-methyl/N-ethyl adjacent to an activating group) is 2. The smallest absolute Gasteiger partial charge is 0.271 e. The molecule has 3 heterocycles. The molecule has 6 amide bonds. The summed E-state index contributed by atoms with van der Waals surface area (Å²) in [4.78, 5) is 93.0. The Hall–Kier alpha value is -5.77. The molecular formula is C38H46N8O7S. The second kappa shape index (κ2) is 17.4. The van der Waals surface area contributed by atoms with Gasteiger partial charge in [0.2, 0.25) is 23.6 Å². The van der Waals surface area contributed by atoms with Gasteiger partial charge < -0.3 is 40.7 Å². The van der Waals surface area contributed by atoms with Gasteiger partial charge in [-0.05, 0) is 49.1 Å². The molecule has 2 bridgehead atoms. The van der Waals surface area contributed by atoms with E-state index < -0.39 is 60.1 Å². The van der Waals surface area contributed by atoms with E-state index in [1.807, 2.05) is 38.1 Å². The quantitative estimate of drug-likeness (QED) is 0.205. The summed E-state index contributed by atoms with van der Waals surface area (Å²) in [5, 5.41) is 21.4. The van der Waals surface area contributed by atoms with Crippen molar-refractivity contribution < 1.29 is 33.9 Å². The van der Waals surface area contributed by atoms with Gasteiger partial charge in [-0.15, -0.1) is 11.3 Å². The highest BCUT2D eigenvalue weighted by Gasteiger charge is 2.30. The molecule has 1 aliphatic rings. The van der Waals surface area contributed by atoms with E-state index in [-0.39, 0.29) is 49.0 Å². The fourth-order valence-corrected chi connectivity index (χ4v) is 7.17. The van der Waals surface area contributed by atoms with Crippen molar-refractivity contribution >= 4 is 57.7 Å². The topological polar surface area (TPSA) is 197 Å². The summed E-state index contributed by atoms with van der Waals surface area (Å²) in [7, 11) is 2.96. The van der Waals surface area contributed by atoms with Crippen LogP contribution in [0, 0.1) is 5.92 Å². The summed E-state index contributed by atoms with van der Waals surface area (Å²) >= 11 is 1.18. The van der Waals surface area contributed by atoms with Gasteiger partial charge in [-0.25, -0.2) is 4.98 Å². The number of thiazole rings is 1. The van der Waals surface area contributed by atoms with Crippen LogP contribution in [0.15, 0.2) is 60.1 Å². The number of nitrogens with one attached hydrogen (secondary N) is 4. The van der Waals surface area contributed by atoms with Crippen molar-refractivity contribution in [2.75, 3.05) is 40.3 Å². The highest BCUT2D eigenvalue weighted by molar-refractivity contribution is 7.09. The number of phenolic OH excluding ortho intramolecular Hbond substituents is 1. The monoisotopic (exact) mass is 758 g/mol. The Morgan fingerprint density at radius 1 is 0.907 bits per heavy atom. The molecule has 4 aromatic rings. The van der Waals surface area contributed by atoms with Crippen LogP contribution in [-0.4, -0.2) is 118 Å². The van der Waals surface area contributed by atoms with E-state index in [2.05, 4.69) is 25.9 Å². The van der Waals surface area contributed by atoms with Crippen molar-refractivity contribution in [2.45, 2.75) is 51.7 Å². The van der Waals surface area contributed by atoms with Crippen molar-refractivity contribution in [1.29, 1.82) is 0 Å². The molecule has 15 nitrogen and oxygen atoms in total. The standard InChI is InChI=1S/C38H46N8O7S/c1-22(2)15-29-35-43-31(21-54-35)34(50)42-30(17-25-18-39-28-12-7-6-11-27(25)28)38(53)45(5)19-32(48)40-23(3)36(51)44(4)13-14-46(20-33(49)41-29)37(52)24-9-8-10-26(47)16-24/h6-12,16,18,21-23,29-30,39,47H,13-15,17,19-20H2,1-5H3,(H,40,48)(H,41,49)(H,42,50)/t23-,29-,30+/m0/s1. The van der Waals surface area contributed by atoms with Gasteiger partial charge in [-0.3, -0.25) is 28.8 Å². The molecule has 3 atom stereocenters. The van der Waals surface area contributed by atoms with Gasteiger partial charge in [0.15, 0.2) is 0 Å². The van der Waals surface area contributed by atoms with Crippen molar-refractivity contribution in [3.63, 3.8) is 0 Å². The number of hydrogen-bond acceptors (Lipinski definition) is 9. The lowest BCUT2D eigenvalue weighted by molar-refractivity contribution is -0.138. The molecule has 1 aliphatic heterocycles. The number of carbonyl (C=O) groups excluding carboxylic acids is 6. The van der Waals surface area contributed by atoms with Crippen LogP contribution in [0.25, 0.3) is 10.9 Å². The minimum atomic E-state index is -1.08. The van der Waals surface area contributed by atoms with Crippen molar-refractivity contribution in [1.82, 2.24) is 40.6 Å². The van der Waals surface area contributed by atoms with Crippen molar-refractivity contribution in [3.8, 4) is 5.75 Å². The summed E-state index contributed by atoms with van der Waals surface area (Å²) in [6.07, 6.45) is 2.36. The van der Waals surface area contributed by atoms with E-state index in [1.54, 1.807) is 11.6 Å². The highest BCUT2D eigenvalue weighted by atomic mass is 32.1. The van der Waals surface area contributed by atoms with Gasteiger partial charge in [0.25, 0.3) is 11.8 Å². The van der Waals surface area contributed by atoms with Crippen LogP contribution in [0.1, 0.15) is 64.7 Å². The molecule has 5 N–H and O–H groups in total. The number of nitrogens with zero attached hydrogens (tertiary/aromatic N) is 4. The number of benzene rings is 2. The van der Waals surface area contributed by atoms with Crippen LogP contribution in [0.4, 0.5) is 0 Å². The van der Waals surface area contributed by atoms with Crippen molar-refractivity contribution in [2.24, 2.45) is 5.92 Å². The van der Waals surface area contributed by atoms with E-state index in [9.17, 15) is 33.9 Å². The van der Waals surface area contributed by atoms with Crippen molar-refractivity contribution in [3.05, 3.63) is 81.9 Å². The number of phenols is 1. The minimum Gasteiger partial charge on any atom is -0.508 e. The Kier molecular flexibility index (Phi) is 12.7. The first-order chi connectivity index (χ1) is 25.7. The fraction of sp³-hybridized carbons (Fsp3) is 0.395. The first-order valence-corrected chi connectivity index (χ1v) is 18.6. The highest BCUT2D eigenvalue weighted by Crippen LogP contribution is 2.26. The third kappa shape index (κ3) is 9.80.